The zero-order chi connectivity index (χ0) is 24.4. The van der Waals surface area contributed by atoms with Gasteiger partial charge in [-0.2, -0.15) is 5.10 Å². The predicted molar refractivity (Wildman–Crippen MR) is 122 cm³/mol. The largest absolute Gasteiger partial charge is 0.480 e. The number of aliphatic carboxylic acids is 1. The number of carbonyl (C=O) groups is 3. The van der Waals surface area contributed by atoms with Gasteiger partial charge >= 0.3 is 12.1 Å². The number of aromatic nitrogens is 2. The van der Waals surface area contributed by atoms with Crippen LogP contribution in [-0.4, -0.2) is 56.7 Å². The van der Waals surface area contributed by atoms with E-state index in [9.17, 15) is 24.6 Å². The average molecular weight is 464 g/mol. The molecule has 10 heteroatoms. The number of fused-ring (bicyclic) bond motifs is 3. The summed E-state index contributed by atoms with van der Waals surface area (Å²) in [6, 6.07) is 14.4. The molecule has 1 heterocycles. The summed E-state index contributed by atoms with van der Waals surface area (Å²) < 4.78 is 6.76. The van der Waals surface area contributed by atoms with E-state index in [0.29, 0.717) is 0 Å². The van der Waals surface area contributed by atoms with E-state index in [-0.39, 0.29) is 23.9 Å². The van der Waals surface area contributed by atoms with Crippen LogP contribution in [-0.2, 0) is 16.6 Å². The number of aliphatic hydroxyl groups is 1. The molecule has 2 aromatic carbocycles. The van der Waals surface area contributed by atoms with Crippen molar-refractivity contribution in [2.24, 2.45) is 7.05 Å². The van der Waals surface area contributed by atoms with Crippen LogP contribution in [0.3, 0.4) is 0 Å². The lowest BCUT2D eigenvalue weighted by Crippen LogP contribution is -2.47. The molecule has 34 heavy (non-hydrogen) atoms. The third-order valence-corrected chi connectivity index (χ3v) is 5.78. The first-order valence-electron chi connectivity index (χ1n) is 10.6. The maximum absolute atomic E-state index is 12.6. The summed E-state index contributed by atoms with van der Waals surface area (Å²) in [6.07, 6.45) is -0.920. The lowest BCUT2D eigenvalue weighted by atomic mass is 9.98. The Hall–Kier alpha value is -4.18. The summed E-state index contributed by atoms with van der Waals surface area (Å²) in [7, 11) is 1.51. The van der Waals surface area contributed by atoms with Gasteiger partial charge < -0.3 is 20.3 Å². The smallest absolute Gasteiger partial charge is 0.412 e. The molecular weight excluding hydrogens is 440 g/mol. The Balaban J connectivity index is 1.46. The van der Waals surface area contributed by atoms with Crippen LogP contribution in [0.4, 0.5) is 10.6 Å². The van der Waals surface area contributed by atoms with Gasteiger partial charge in [0.2, 0.25) is 0 Å². The third-order valence-electron chi connectivity index (χ3n) is 5.78. The minimum atomic E-state index is -1.52. The standard InChI is InChI=1S/C24H24N4O6/c1-13(29)20(23(31)32)26-22(30)18-11-25-28(2)21(18)27-24(33)34-12-19-16-9-5-3-7-14(16)15-8-4-6-10-17(15)19/h3-11,13,19-20,29H,12H2,1-2H3,(H,26,30)(H,27,33)(H,31,32)/t13-,20+/m1/s1. The van der Waals surface area contributed by atoms with Crippen LogP contribution in [0.5, 0.6) is 0 Å². The van der Waals surface area contributed by atoms with Gasteiger partial charge in [-0.1, -0.05) is 48.5 Å². The van der Waals surface area contributed by atoms with Crippen LogP contribution in [0.15, 0.2) is 54.7 Å². The molecule has 0 radical (unpaired) electrons. The highest BCUT2D eigenvalue weighted by Crippen LogP contribution is 2.44. The summed E-state index contributed by atoms with van der Waals surface area (Å²) in [6.45, 7) is 1.33. The minimum absolute atomic E-state index is 0.0319. The number of carbonyl (C=O) groups excluding carboxylic acids is 2. The molecule has 1 aliphatic carbocycles. The highest BCUT2D eigenvalue weighted by atomic mass is 16.5. The van der Waals surface area contributed by atoms with Crippen molar-refractivity contribution in [3.63, 3.8) is 0 Å². The SMILES string of the molecule is C[C@@H](O)[C@H](NC(=O)c1cnn(C)c1NC(=O)OCC1c2ccccc2-c2ccccc21)C(=O)O. The van der Waals surface area contributed by atoms with Crippen molar-refractivity contribution in [3.05, 3.63) is 71.4 Å². The molecule has 0 saturated carbocycles. The number of aryl methyl sites for hydroxylation is 1. The maximum atomic E-state index is 12.6. The topological polar surface area (TPSA) is 143 Å². The summed E-state index contributed by atoms with van der Waals surface area (Å²) in [5.74, 6) is -2.30. The Bertz CT molecular complexity index is 1210. The molecule has 2 amide bonds. The van der Waals surface area contributed by atoms with Crippen LogP contribution in [0.25, 0.3) is 11.1 Å². The average Bonchev–Trinajstić information content (AvgIpc) is 3.33. The van der Waals surface area contributed by atoms with Crippen molar-refractivity contribution in [1.29, 1.82) is 0 Å². The molecule has 4 rings (SSSR count). The van der Waals surface area contributed by atoms with Gasteiger partial charge in [0.15, 0.2) is 6.04 Å². The molecule has 3 aromatic rings. The second-order valence-corrected chi connectivity index (χ2v) is 8.01. The molecule has 0 fully saturated rings. The molecule has 4 N–H and O–H groups in total. The van der Waals surface area contributed by atoms with Crippen LogP contribution < -0.4 is 10.6 Å². The number of carboxylic acid groups (broad SMARTS) is 1. The van der Waals surface area contributed by atoms with E-state index in [1.165, 1.54) is 24.9 Å². The molecule has 1 aliphatic rings. The summed E-state index contributed by atoms with van der Waals surface area (Å²) >= 11 is 0. The first-order chi connectivity index (χ1) is 16.3. The van der Waals surface area contributed by atoms with Gasteiger partial charge in [-0.05, 0) is 29.2 Å². The van der Waals surface area contributed by atoms with Crippen LogP contribution in [0.2, 0.25) is 0 Å². The first kappa shape index (κ1) is 23.0. The molecule has 0 aliphatic heterocycles. The Labute approximate surface area is 195 Å². The summed E-state index contributed by atoms with van der Waals surface area (Å²) in [5.41, 5.74) is 4.26. The van der Waals surface area contributed by atoms with E-state index in [0.717, 1.165) is 22.3 Å². The Kier molecular flexibility index (Phi) is 6.33. The van der Waals surface area contributed by atoms with Gasteiger partial charge in [-0.15, -0.1) is 0 Å². The first-order valence-corrected chi connectivity index (χ1v) is 10.6. The van der Waals surface area contributed by atoms with Crippen LogP contribution in [0.1, 0.15) is 34.3 Å². The van der Waals surface area contributed by atoms with E-state index in [1.807, 2.05) is 48.5 Å². The van der Waals surface area contributed by atoms with Crippen molar-refractivity contribution in [2.75, 3.05) is 11.9 Å². The molecule has 10 nitrogen and oxygen atoms in total. The molecule has 0 bridgehead atoms. The maximum Gasteiger partial charge on any atom is 0.412 e. The number of carboxylic acids is 1. The van der Waals surface area contributed by atoms with E-state index >= 15 is 0 Å². The Morgan fingerprint density at radius 3 is 2.24 bits per heavy atom. The van der Waals surface area contributed by atoms with Crippen molar-refractivity contribution in [3.8, 4) is 11.1 Å². The van der Waals surface area contributed by atoms with E-state index in [1.54, 1.807) is 0 Å². The van der Waals surface area contributed by atoms with Crippen molar-refractivity contribution < 1.29 is 29.3 Å². The summed E-state index contributed by atoms with van der Waals surface area (Å²) in [5, 5.41) is 27.5. The molecule has 0 unspecified atom stereocenters. The number of benzene rings is 2. The molecule has 0 saturated heterocycles. The minimum Gasteiger partial charge on any atom is -0.480 e. The van der Waals surface area contributed by atoms with Crippen molar-refractivity contribution in [2.45, 2.75) is 25.0 Å². The highest BCUT2D eigenvalue weighted by Gasteiger charge is 2.30. The zero-order valence-electron chi connectivity index (χ0n) is 18.6. The lowest BCUT2D eigenvalue weighted by Gasteiger charge is -2.17. The van der Waals surface area contributed by atoms with Gasteiger partial charge in [0.25, 0.3) is 5.91 Å². The number of ether oxygens (including phenoxy) is 1. The predicted octanol–water partition coefficient (Wildman–Crippen LogP) is 2.34. The lowest BCUT2D eigenvalue weighted by molar-refractivity contribution is -0.141. The van der Waals surface area contributed by atoms with Crippen molar-refractivity contribution >= 4 is 23.8 Å². The Morgan fingerprint density at radius 2 is 1.68 bits per heavy atom. The van der Waals surface area contributed by atoms with Gasteiger partial charge in [-0.25, -0.2) is 9.59 Å². The zero-order valence-corrected chi connectivity index (χ0v) is 18.6. The number of hydrogen-bond acceptors (Lipinski definition) is 6. The second kappa shape index (κ2) is 9.36. The Morgan fingerprint density at radius 1 is 1.09 bits per heavy atom. The van der Waals surface area contributed by atoms with Crippen LogP contribution in [0, 0.1) is 0 Å². The van der Waals surface area contributed by atoms with Gasteiger partial charge in [0, 0.05) is 13.0 Å². The normalized spacial score (nSPS) is 14.0. The number of amides is 2. The quantitative estimate of drug-likeness (QED) is 0.420. The molecular formula is C24H24N4O6. The number of aliphatic hydroxyl groups excluding tert-OH is 1. The fraction of sp³-hybridized carbons (Fsp3) is 0.250. The van der Waals surface area contributed by atoms with Gasteiger partial charge in [0.05, 0.1) is 12.3 Å². The fourth-order valence-corrected chi connectivity index (χ4v) is 4.09. The number of anilines is 1. The fourth-order valence-electron chi connectivity index (χ4n) is 4.09. The van der Waals surface area contributed by atoms with Crippen LogP contribution >= 0.6 is 0 Å². The third kappa shape index (κ3) is 4.35. The number of rotatable bonds is 7. The number of hydrogen-bond donors (Lipinski definition) is 4. The molecule has 2 atom stereocenters. The van der Waals surface area contributed by atoms with E-state index in [2.05, 4.69) is 15.7 Å². The van der Waals surface area contributed by atoms with Crippen molar-refractivity contribution in [1.82, 2.24) is 15.1 Å². The number of nitrogens with one attached hydrogen (secondary N) is 2. The van der Waals surface area contributed by atoms with E-state index in [4.69, 9.17) is 4.74 Å². The van der Waals surface area contributed by atoms with E-state index < -0.39 is 30.1 Å². The molecule has 1 aromatic heterocycles. The van der Waals surface area contributed by atoms with Gasteiger partial charge in [0.1, 0.15) is 18.0 Å². The number of nitrogens with zero attached hydrogens (tertiary/aromatic N) is 2. The summed E-state index contributed by atoms with van der Waals surface area (Å²) in [4.78, 5) is 36.5. The molecule has 176 valence electrons. The highest BCUT2D eigenvalue weighted by molar-refractivity contribution is 6.03. The van der Waals surface area contributed by atoms with Gasteiger partial charge in [-0.3, -0.25) is 14.8 Å². The monoisotopic (exact) mass is 464 g/mol. The second-order valence-electron chi connectivity index (χ2n) is 8.01. The molecule has 0 spiro atoms.